The van der Waals surface area contributed by atoms with Gasteiger partial charge < -0.3 is 10.1 Å². The van der Waals surface area contributed by atoms with Crippen LogP contribution < -0.4 is 10.1 Å². The van der Waals surface area contributed by atoms with E-state index in [9.17, 15) is 0 Å². The summed E-state index contributed by atoms with van der Waals surface area (Å²) in [5.74, 6) is 1.58. The van der Waals surface area contributed by atoms with E-state index in [1.54, 1.807) is 0 Å². The Labute approximate surface area is 116 Å². The average Bonchev–Trinajstić information content (AvgIpc) is 2.39. The molecule has 0 aliphatic heterocycles. The molecule has 0 fully saturated rings. The van der Waals surface area contributed by atoms with E-state index in [1.807, 2.05) is 18.2 Å². The Bertz CT molecular complexity index is 350. The quantitative estimate of drug-likeness (QED) is 0.761. The minimum atomic E-state index is 0.632. The van der Waals surface area contributed by atoms with Crippen molar-refractivity contribution in [3.63, 3.8) is 0 Å². The minimum absolute atomic E-state index is 0.632. The highest BCUT2D eigenvalue weighted by Crippen LogP contribution is 2.24. The fourth-order valence-corrected chi connectivity index (χ4v) is 2.01. The average molecular weight is 270 g/mol. The fourth-order valence-electron chi connectivity index (χ4n) is 1.82. The topological polar surface area (TPSA) is 21.3 Å². The number of hydrogen-bond acceptors (Lipinski definition) is 2. The number of benzene rings is 1. The van der Waals surface area contributed by atoms with Crippen LogP contribution in [-0.4, -0.2) is 13.2 Å². The van der Waals surface area contributed by atoms with E-state index in [0.717, 1.165) is 48.9 Å². The Morgan fingerprint density at radius 3 is 2.56 bits per heavy atom. The summed E-state index contributed by atoms with van der Waals surface area (Å²) in [4.78, 5) is 0. The highest BCUT2D eigenvalue weighted by Gasteiger charge is 2.08. The summed E-state index contributed by atoms with van der Waals surface area (Å²) in [6.45, 7) is 9.04. The number of nitrogens with one attached hydrogen (secondary N) is 1. The molecule has 0 aliphatic rings. The number of rotatable bonds is 8. The molecule has 0 unspecified atom stereocenters. The molecule has 0 radical (unpaired) electrons. The lowest BCUT2D eigenvalue weighted by Crippen LogP contribution is -2.15. The van der Waals surface area contributed by atoms with Crippen LogP contribution in [0.3, 0.4) is 0 Å². The molecule has 18 heavy (non-hydrogen) atoms. The van der Waals surface area contributed by atoms with Gasteiger partial charge in [-0.05, 0) is 30.7 Å². The van der Waals surface area contributed by atoms with Gasteiger partial charge >= 0.3 is 0 Å². The normalized spacial score (nSPS) is 10.9. The Hall–Kier alpha value is -0.730. The van der Waals surface area contributed by atoms with E-state index in [1.165, 1.54) is 0 Å². The molecule has 0 atom stereocenters. The van der Waals surface area contributed by atoms with Gasteiger partial charge in [-0.15, -0.1) is 0 Å². The van der Waals surface area contributed by atoms with Gasteiger partial charge in [-0.2, -0.15) is 0 Å². The molecule has 1 aromatic rings. The van der Waals surface area contributed by atoms with E-state index < -0.39 is 0 Å². The van der Waals surface area contributed by atoms with Crippen molar-refractivity contribution in [2.24, 2.45) is 5.92 Å². The maximum absolute atomic E-state index is 6.03. The zero-order chi connectivity index (χ0) is 13.4. The molecule has 0 saturated heterocycles. The van der Waals surface area contributed by atoms with Crippen molar-refractivity contribution in [3.8, 4) is 5.75 Å². The van der Waals surface area contributed by atoms with Gasteiger partial charge in [-0.1, -0.05) is 45.2 Å². The molecule has 0 saturated carbocycles. The molecule has 1 rings (SSSR count). The van der Waals surface area contributed by atoms with E-state index >= 15 is 0 Å². The van der Waals surface area contributed by atoms with E-state index in [2.05, 4.69) is 26.1 Å². The molecule has 0 aliphatic carbocycles. The van der Waals surface area contributed by atoms with Crippen LogP contribution in [0.1, 0.15) is 39.2 Å². The first-order valence-corrected chi connectivity index (χ1v) is 7.20. The second-order valence-electron chi connectivity index (χ2n) is 4.53. The van der Waals surface area contributed by atoms with Crippen molar-refractivity contribution < 1.29 is 4.74 Å². The minimum Gasteiger partial charge on any atom is -0.493 e. The highest BCUT2D eigenvalue weighted by molar-refractivity contribution is 6.30. The SMILES string of the molecule is CCNCc1cc(Cl)ccc1OCC(CC)CC. The zero-order valence-electron chi connectivity index (χ0n) is 11.6. The lowest BCUT2D eigenvalue weighted by atomic mass is 10.1. The van der Waals surface area contributed by atoms with Gasteiger partial charge in [-0.25, -0.2) is 0 Å². The van der Waals surface area contributed by atoms with Crippen LogP contribution in [0.2, 0.25) is 5.02 Å². The molecular weight excluding hydrogens is 246 g/mol. The van der Waals surface area contributed by atoms with E-state index in [0.29, 0.717) is 5.92 Å². The molecule has 0 spiro atoms. The monoisotopic (exact) mass is 269 g/mol. The Morgan fingerprint density at radius 1 is 1.22 bits per heavy atom. The molecule has 0 amide bonds. The van der Waals surface area contributed by atoms with Gasteiger partial charge in [0.05, 0.1) is 6.61 Å². The standard InChI is InChI=1S/C15H24ClNO/c1-4-12(5-2)11-18-15-8-7-14(16)9-13(15)10-17-6-3/h7-9,12,17H,4-6,10-11H2,1-3H3. The summed E-state index contributed by atoms with van der Waals surface area (Å²) >= 11 is 6.03. The number of hydrogen-bond donors (Lipinski definition) is 1. The van der Waals surface area contributed by atoms with Gasteiger partial charge in [-0.3, -0.25) is 0 Å². The van der Waals surface area contributed by atoms with Gasteiger partial charge in [0.1, 0.15) is 5.75 Å². The lowest BCUT2D eigenvalue weighted by molar-refractivity contribution is 0.238. The maximum Gasteiger partial charge on any atom is 0.123 e. The van der Waals surface area contributed by atoms with Crippen LogP contribution in [-0.2, 0) is 6.54 Å². The van der Waals surface area contributed by atoms with Crippen LogP contribution in [0.25, 0.3) is 0 Å². The third-order valence-corrected chi connectivity index (χ3v) is 3.45. The fraction of sp³-hybridized carbons (Fsp3) is 0.600. The summed E-state index contributed by atoms with van der Waals surface area (Å²) in [5, 5.41) is 4.07. The van der Waals surface area contributed by atoms with Crippen LogP contribution in [0.5, 0.6) is 5.75 Å². The van der Waals surface area contributed by atoms with Gasteiger partial charge in [0.25, 0.3) is 0 Å². The molecule has 1 N–H and O–H groups in total. The summed E-state index contributed by atoms with van der Waals surface area (Å²) in [6.07, 6.45) is 2.32. The first kappa shape index (κ1) is 15.3. The number of halogens is 1. The first-order chi connectivity index (χ1) is 8.71. The largest absolute Gasteiger partial charge is 0.493 e. The summed E-state index contributed by atoms with van der Waals surface area (Å²) in [5.41, 5.74) is 1.13. The zero-order valence-corrected chi connectivity index (χ0v) is 12.4. The second-order valence-corrected chi connectivity index (χ2v) is 4.96. The van der Waals surface area contributed by atoms with Gasteiger partial charge in [0.2, 0.25) is 0 Å². The highest BCUT2D eigenvalue weighted by atomic mass is 35.5. The van der Waals surface area contributed by atoms with Crippen molar-refractivity contribution in [2.45, 2.75) is 40.2 Å². The van der Waals surface area contributed by atoms with E-state index in [4.69, 9.17) is 16.3 Å². The number of ether oxygens (including phenoxy) is 1. The maximum atomic E-state index is 6.03. The first-order valence-electron chi connectivity index (χ1n) is 6.83. The van der Waals surface area contributed by atoms with Gasteiger partial charge in [0.15, 0.2) is 0 Å². The molecule has 1 aromatic carbocycles. The summed E-state index contributed by atoms with van der Waals surface area (Å²) < 4.78 is 5.93. The lowest BCUT2D eigenvalue weighted by Gasteiger charge is -2.16. The van der Waals surface area contributed by atoms with Gasteiger partial charge in [0, 0.05) is 17.1 Å². The predicted molar refractivity (Wildman–Crippen MR) is 78.4 cm³/mol. The second kappa shape index (κ2) is 8.39. The molecule has 3 heteroatoms. The Balaban J connectivity index is 2.68. The molecule has 0 aromatic heterocycles. The molecule has 2 nitrogen and oxygen atoms in total. The summed E-state index contributed by atoms with van der Waals surface area (Å²) in [7, 11) is 0. The Kier molecular flexibility index (Phi) is 7.14. The molecule has 102 valence electrons. The van der Waals surface area contributed by atoms with Crippen molar-refractivity contribution in [1.29, 1.82) is 0 Å². The Morgan fingerprint density at radius 2 is 1.94 bits per heavy atom. The van der Waals surface area contributed by atoms with Crippen LogP contribution >= 0.6 is 11.6 Å². The van der Waals surface area contributed by atoms with Crippen molar-refractivity contribution >= 4 is 11.6 Å². The predicted octanol–water partition coefficient (Wildman–Crippen LogP) is 4.26. The third kappa shape index (κ3) is 4.87. The summed E-state index contributed by atoms with van der Waals surface area (Å²) in [6, 6.07) is 5.84. The smallest absolute Gasteiger partial charge is 0.123 e. The van der Waals surface area contributed by atoms with Crippen LogP contribution in [0.15, 0.2) is 18.2 Å². The third-order valence-electron chi connectivity index (χ3n) is 3.22. The molecule has 0 heterocycles. The molecule has 0 bridgehead atoms. The van der Waals surface area contributed by atoms with Crippen molar-refractivity contribution in [2.75, 3.05) is 13.2 Å². The van der Waals surface area contributed by atoms with Crippen LogP contribution in [0.4, 0.5) is 0 Å². The van der Waals surface area contributed by atoms with Crippen molar-refractivity contribution in [1.82, 2.24) is 5.32 Å². The van der Waals surface area contributed by atoms with Crippen LogP contribution in [0, 0.1) is 5.92 Å². The van der Waals surface area contributed by atoms with E-state index in [-0.39, 0.29) is 0 Å². The molecular formula is C15H24ClNO. The van der Waals surface area contributed by atoms with Crippen molar-refractivity contribution in [3.05, 3.63) is 28.8 Å².